The van der Waals surface area contributed by atoms with Crippen molar-refractivity contribution in [1.29, 1.82) is 0 Å². The lowest BCUT2D eigenvalue weighted by Gasteiger charge is -2.05. The van der Waals surface area contributed by atoms with E-state index in [1.54, 1.807) is 0 Å². The first kappa shape index (κ1) is 10.3. The van der Waals surface area contributed by atoms with E-state index in [1.165, 1.54) is 5.56 Å². The molecule has 15 heavy (non-hydrogen) atoms. The van der Waals surface area contributed by atoms with Crippen LogP contribution in [-0.4, -0.2) is 9.97 Å². The van der Waals surface area contributed by atoms with Gasteiger partial charge in [0.2, 0.25) is 0 Å². The number of pyridine rings is 2. The first-order chi connectivity index (χ1) is 7.16. The summed E-state index contributed by atoms with van der Waals surface area (Å²) in [5.41, 5.74) is 4.18. The molecule has 0 spiro atoms. The molecule has 0 unspecified atom stereocenters. The van der Waals surface area contributed by atoms with Crippen LogP contribution in [0.3, 0.4) is 0 Å². The lowest BCUT2D eigenvalue weighted by atomic mass is 10.1. The molecule has 0 aliphatic carbocycles. The Labute approximate surface area is 97.5 Å². The van der Waals surface area contributed by atoms with Crippen LogP contribution >= 0.6 is 15.9 Å². The monoisotopic (exact) mass is 262 g/mol. The predicted octanol–water partition coefficient (Wildman–Crippen LogP) is 3.52. The van der Waals surface area contributed by atoms with Crippen LogP contribution in [0, 0.1) is 13.8 Å². The summed E-state index contributed by atoms with van der Waals surface area (Å²) in [7, 11) is 0. The number of rotatable bonds is 1. The molecule has 0 aliphatic rings. The molecule has 0 radical (unpaired) electrons. The van der Waals surface area contributed by atoms with Crippen LogP contribution in [0.2, 0.25) is 0 Å². The summed E-state index contributed by atoms with van der Waals surface area (Å²) in [5, 5.41) is 0. The van der Waals surface area contributed by atoms with Crippen molar-refractivity contribution in [1.82, 2.24) is 9.97 Å². The minimum absolute atomic E-state index is 0.835. The largest absolute Gasteiger partial charge is 0.254 e. The van der Waals surface area contributed by atoms with Gasteiger partial charge in [0.1, 0.15) is 4.60 Å². The zero-order chi connectivity index (χ0) is 10.8. The van der Waals surface area contributed by atoms with E-state index in [0.717, 1.165) is 21.6 Å². The average Bonchev–Trinajstić information content (AvgIpc) is 2.17. The Hall–Kier alpha value is -1.22. The first-order valence-corrected chi connectivity index (χ1v) is 5.52. The quantitative estimate of drug-likeness (QED) is 0.735. The second-order valence-corrected chi connectivity index (χ2v) is 4.34. The van der Waals surface area contributed by atoms with Crippen LogP contribution < -0.4 is 0 Å². The van der Waals surface area contributed by atoms with Crippen molar-refractivity contribution in [2.24, 2.45) is 0 Å². The van der Waals surface area contributed by atoms with Gasteiger partial charge in [-0.25, -0.2) is 4.98 Å². The number of aryl methyl sites for hydroxylation is 2. The third-order valence-electron chi connectivity index (χ3n) is 2.17. The van der Waals surface area contributed by atoms with E-state index < -0.39 is 0 Å². The molecule has 0 atom stereocenters. The molecule has 0 aliphatic heterocycles. The molecular formula is C12H11BrN2. The van der Waals surface area contributed by atoms with Gasteiger partial charge in [-0.05, 0) is 53.0 Å². The van der Waals surface area contributed by atoms with Gasteiger partial charge in [0, 0.05) is 6.20 Å². The highest BCUT2D eigenvalue weighted by molar-refractivity contribution is 9.10. The zero-order valence-electron chi connectivity index (χ0n) is 8.66. The van der Waals surface area contributed by atoms with E-state index in [1.807, 2.05) is 31.3 Å². The Kier molecular flexibility index (Phi) is 2.82. The van der Waals surface area contributed by atoms with Crippen LogP contribution in [-0.2, 0) is 0 Å². The summed E-state index contributed by atoms with van der Waals surface area (Å²) < 4.78 is 0.835. The van der Waals surface area contributed by atoms with Gasteiger partial charge in [0.25, 0.3) is 0 Å². The molecular weight excluding hydrogens is 252 g/mol. The van der Waals surface area contributed by atoms with Gasteiger partial charge in [-0.1, -0.05) is 12.1 Å². The highest BCUT2D eigenvalue weighted by Gasteiger charge is 2.04. The third kappa shape index (κ3) is 2.23. The van der Waals surface area contributed by atoms with Gasteiger partial charge in [0.15, 0.2) is 0 Å². The lowest BCUT2D eigenvalue weighted by Crippen LogP contribution is -1.92. The fraction of sp³-hybridized carbons (Fsp3) is 0.167. The van der Waals surface area contributed by atoms with Crippen molar-refractivity contribution in [3.8, 4) is 11.4 Å². The maximum Gasteiger partial charge on any atom is 0.106 e. The highest BCUT2D eigenvalue weighted by Crippen LogP contribution is 2.20. The van der Waals surface area contributed by atoms with Crippen molar-refractivity contribution in [3.63, 3.8) is 0 Å². The number of hydrogen-bond acceptors (Lipinski definition) is 2. The second-order valence-electron chi connectivity index (χ2n) is 3.52. The standard InChI is InChI=1S/C12H11BrN2/c1-8-6-9(2)12(14-7-8)10-4-3-5-11(13)15-10/h3-7H,1-2H3. The molecule has 2 aromatic heterocycles. The smallest absolute Gasteiger partial charge is 0.106 e. The predicted molar refractivity (Wildman–Crippen MR) is 64.6 cm³/mol. The van der Waals surface area contributed by atoms with Gasteiger partial charge in [0.05, 0.1) is 11.4 Å². The van der Waals surface area contributed by atoms with Crippen LogP contribution in [0.25, 0.3) is 11.4 Å². The van der Waals surface area contributed by atoms with E-state index in [2.05, 4.69) is 38.9 Å². The molecule has 2 aromatic rings. The van der Waals surface area contributed by atoms with E-state index in [9.17, 15) is 0 Å². The number of nitrogens with zero attached hydrogens (tertiary/aromatic N) is 2. The van der Waals surface area contributed by atoms with Crippen molar-refractivity contribution < 1.29 is 0 Å². The van der Waals surface area contributed by atoms with Gasteiger partial charge in [-0.3, -0.25) is 4.98 Å². The minimum Gasteiger partial charge on any atom is -0.254 e. The van der Waals surface area contributed by atoms with Crippen LogP contribution in [0.5, 0.6) is 0 Å². The number of aromatic nitrogens is 2. The zero-order valence-corrected chi connectivity index (χ0v) is 10.2. The fourth-order valence-electron chi connectivity index (χ4n) is 1.52. The molecule has 3 heteroatoms. The normalized spacial score (nSPS) is 10.3. The van der Waals surface area contributed by atoms with Gasteiger partial charge >= 0.3 is 0 Å². The van der Waals surface area contributed by atoms with Crippen molar-refractivity contribution >= 4 is 15.9 Å². The first-order valence-electron chi connectivity index (χ1n) is 4.73. The molecule has 0 N–H and O–H groups in total. The molecule has 0 bridgehead atoms. The SMILES string of the molecule is Cc1cnc(-c2cccc(Br)n2)c(C)c1. The lowest BCUT2D eigenvalue weighted by molar-refractivity contribution is 1.17. The van der Waals surface area contributed by atoms with E-state index in [4.69, 9.17) is 0 Å². The van der Waals surface area contributed by atoms with Crippen molar-refractivity contribution in [2.45, 2.75) is 13.8 Å². The summed E-state index contributed by atoms with van der Waals surface area (Å²) >= 11 is 3.36. The maximum absolute atomic E-state index is 4.41. The Morgan fingerprint density at radius 3 is 2.67 bits per heavy atom. The van der Waals surface area contributed by atoms with Gasteiger partial charge < -0.3 is 0 Å². The minimum atomic E-state index is 0.835. The van der Waals surface area contributed by atoms with Gasteiger partial charge in [-0.2, -0.15) is 0 Å². The topological polar surface area (TPSA) is 25.8 Å². The van der Waals surface area contributed by atoms with Crippen LogP contribution in [0.1, 0.15) is 11.1 Å². The molecule has 2 rings (SSSR count). The number of halogens is 1. The van der Waals surface area contributed by atoms with E-state index >= 15 is 0 Å². The molecule has 0 fully saturated rings. The maximum atomic E-state index is 4.41. The summed E-state index contributed by atoms with van der Waals surface area (Å²) in [6.07, 6.45) is 1.87. The molecule has 0 saturated heterocycles. The summed E-state index contributed by atoms with van der Waals surface area (Å²) in [4.78, 5) is 8.79. The Bertz CT molecular complexity index is 495. The van der Waals surface area contributed by atoms with Crippen LogP contribution in [0.4, 0.5) is 0 Å². The van der Waals surface area contributed by atoms with Gasteiger partial charge in [-0.15, -0.1) is 0 Å². The molecule has 2 nitrogen and oxygen atoms in total. The number of hydrogen-bond donors (Lipinski definition) is 0. The second kappa shape index (κ2) is 4.11. The van der Waals surface area contributed by atoms with E-state index in [-0.39, 0.29) is 0 Å². The third-order valence-corrected chi connectivity index (χ3v) is 2.61. The van der Waals surface area contributed by atoms with Crippen molar-refractivity contribution in [2.75, 3.05) is 0 Å². The van der Waals surface area contributed by atoms with E-state index in [0.29, 0.717) is 0 Å². The van der Waals surface area contributed by atoms with Crippen LogP contribution in [0.15, 0.2) is 35.1 Å². The Morgan fingerprint density at radius 1 is 1.20 bits per heavy atom. The Balaban J connectivity index is 2.54. The molecule has 76 valence electrons. The summed E-state index contributed by atoms with van der Waals surface area (Å²) in [5.74, 6) is 0. The highest BCUT2D eigenvalue weighted by atomic mass is 79.9. The van der Waals surface area contributed by atoms with Crippen molar-refractivity contribution in [3.05, 3.63) is 46.2 Å². The molecule has 0 aromatic carbocycles. The summed E-state index contributed by atoms with van der Waals surface area (Å²) in [6, 6.07) is 7.96. The Morgan fingerprint density at radius 2 is 2.00 bits per heavy atom. The summed E-state index contributed by atoms with van der Waals surface area (Å²) in [6.45, 7) is 4.09. The average molecular weight is 263 g/mol. The molecule has 2 heterocycles. The molecule has 0 saturated carbocycles. The molecule has 0 amide bonds. The fourth-order valence-corrected chi connectivity index (χ4v) is 1.87.